The largest absolute Gasteiger partial charge is 0.494 e. The summed E-state index contributed by atoms with van der Waals surface area (Å²) in [5.41, 5.74) is 2.46. The number of ether oxygens (including phenoxy) is 1. The minimum absolute atomic E-state index is 0.0902. The maximum Gasteiger partial charge on any atom is 0.261 e. The minimum atomic E-state index is -3.76. The van der Waals surface area contributed by atoms with E-state index in [0.29, 0.717) is 29.3 Å². The van der Waals surface area contributed by atoms with E-state index in [1.807, 2.05) is 19.9 Å². The van der Waals surface area contributed by atoms with Gasteiger partial charge in [0.2, 0.25) is 0 Å². The molecule has 0 fully saturated rings. The van der Waals surface area contributed by atoms with E-state index in [1.54, 1.807) is 48.5 Å². The Labute approximate surface area is 184 Å². The third kappa shape index (κ3) is 5.40. The summed E-state index contributed by atoms with van der Waals surface area (Å²) >= 11 is 3.41. The number of hydrogen-bond donors (Lipinski definition) is 2. The molecule has 0 heterocycles. The van der Waals surface area contributed by atoms with Gasteiger partial charge in [-0.15, -0.1) is 0 Å². The number of anilines is 2. The highest BCUT2D eigenvalue weighted by atomic mass is 79.9. The normalized spacial score (nSPS) is 11.0. The second-order valence-electron chi connectivity index (χ2n) is 6.51. The molecule has 0 aliphatic carbocycles. The number of aryl methyl sites for hydroxylation is 1. The van der Waals surface area contributed by atoms with E-state index < -0.39 is 10.0 Å². The topological polar surface area (TPSA) is 84.5 Å². The van der Waals surface area contributed by atoms with Gasteiger partial charge in [0.15, 0.2) is 0 Å². The zero-order valence-electron chi connectivity index (χ0n) is 16.5. The average Bonchev–Trinajstić information content (AvgIpc) is 2.72. The number of sulfonamides is 1. The summed E-state index contributed by atoms with van der Waals surface area (Å²) in [4.78, 5) is 12.5. The van der Waals surface area contributed by atoms with Crippen molar-refractivity contribution in [1.82, 2.24) is 0 Å². The van der Waals surface area contributed by atoms with E-state index in [9.17, 15) is 13.2 Å². The van der Waals surface area contributed by atoms with Crippen LogP contribution in [0.2, 0.25) is 0 Å². The van der Waals surface area contributed by atoms with Gasteiger partial charge in [-0.2, -0.15) is 0 Å². The molecule has 0 aliphatic rings. The van der Waals surface area contributed by atoms with Crippen LogP contribution in [-0.2, 0) is 10.0 Å². The minimum Gasteiger partial charge on any atom is -0.494 e. The van der Waals surface area contributed by atoms with Crippen LogP contribution >= 0.6 is 15.9 Å². The molecule has 0 atom stereocenters. The standard InChI is InChI=1S/C22H21BrN2O4S/c1-3-29-19-10-6-18(7-11-19)25-30(27,28)20-12-8-17(9-13-20)24-22(26)16-5-4-15(2)21(23)14-16/h4-14,25H,3H2,1-2H3,(H,24,26). The molecule has 6 nitrogen and oxygen atoms in total. The predicted molar refractivity (Wildman–Crippen MR) is 122 cm³/mol. The number of carbonyl (C=O) groups excluding carboxylic acids is 1. The lowest BCUT2D eigenvalue weighted by molar-refractivity contribution is 0.102. The summed E-state index contributed by atoms with van der Waals surface area (Å²) in [5.74, 6) is 0.389. The third-order valence-electron chi connectivity index (χ3n) is 4.27. The van der Waals surface area contributed by atoms with Crippen molar-refractivity contribution in [3.8, 4) is 5.75 Å². The first-order valence-electron chi connectivity index (χ1n) is 9.22. The molecule has 2 N–H and O–H groups in total. The fraction of sp³-hybridized carbons (Fsp3) is 0.136. The van der Waals surface area contributed by atoms with E-state index in [4.69, 9.17) is 4.74 Å². The highest BCUT2D eigenvalue weighted by Gasteiger charge is 2.15. The first-order chi connectivity index (χ1) is 14.3. The Morgan fingerprint density at radius 1 is 0.967 bits per heavy atom. The first-order valence-corrected chi connectivity index (χ1v) is 11.5. The van der Waals surface area contributed by atoms with E-state index in [2.05, 4.69) is 26.0 Å². The molecule has 3 rings (SSSR count). The van der Waals surface area contributed by atoms with Crippen molar-refractivity contribution in [2.45, 2.75) is 18.7 Å². The Kier molecular flexibility index (Phi) is 6.79. The second-order valence-corrected chi connectivity index (χ2v) is 9.04. The predicted octanol–water partition coefficient (Wildman–Crippen LogP) is 5.21. The summed E-state index contributed by atoms with van der Waals surface area (Å²) in [5, 5.41) is 2.76. The van der Waals surface area contributed by atoms with Gasteiger partial charge >= 0.3 is 0 Å². The van der Waals surface area contributed by atoms with Crippen molar-refractivity contribution < 1.29 is 17.9 Å². The van der Waals surface area contributed by atoms with Gasteiger partial charge in [0.05, 0.1) is 11.5 Å². The van der Waals surface area contributed by atoms with E-state index in [-0.39, 0.29) is 10.8 Å². The van der Waals surface area contributed by atoms with Crippen LogP contribution in [0.15, 0.2) is 76.1 Å². The van der Waals surface area contributed by atoms with Gasteiger partial charge in [-0.25, -0.2) is 8.42 Å². The van der Waals surface area contributed by atoms with Crippen LogP contribution in [0.3, 0.4) is 0 Å². The van der Waals surface area contributed by atoms with Crippen LogP contribution in [-0.4, -0.2) is 20.9 Å². The van der Waals surface area contributed by atoms with E-state index in [0.717, 1.165) is 10.0 Å². The molecule has 0 radical (unpaired) electrons. The second kappa shape index (κ2) is 9.32. The lowest BCUT2D eigenvalue weighted by Crippen LogP contribution is -2.14. The molecular weight excluding hydrogens is 468 g/mol. The van der Waals surface area contributed by atoms with Gasteiger partial charge < -0.3 is 10.1 Å². The quantitative estimate of drug-likeness (QED) is 0.477. The van der Waals surface area contributed by atoms with Crippen LogP contribution < -0.4 is 14.8 Å². The maximum atomic E-state index is 12.6. The smallest absolute Gasteiger partial charge is 0.261 e. The Morgan fingerprint density at radius 2 is 1.60 bits per heavy atom. The Hall–Kier alpha value is -2.84. The number of amides is 1. The molecule has 0 aliphatic heterocycles. The van der Waals surface area contributed by atoms with Gasteiger partial charge in [-0.3, -0.25) is 9.52 Å². The number of halogens is 1. The average molecular weight is 489 g/mol. The highest BCUT2D eigenvalue weighted by molar-refractivity contribution is 9.10. The van der Waals surface area contributed by atoms with E-state index >= 15 is 0 Å². The summed E-state index contributed by atoms with van der Waals surface area (Å²) in [6, 6.07) is 18.0. The summed E-state index contributed by atoms with van der Waals surface area (Å²) in [7, 11) is -3.76. The van der Waals surface area contributed by atoms with Crippen molar-refractivity contribution in [2.24, 2.45) is 0 Å². The Bertz CT molecular complexity index is 1140. The number of nitrogens with one attached hydrogen (secondary N) is 2. The number of rotatable bonds is 7. The molecular formula is C22H21BrN2O4S. The molecule has 1 amide bonds. The molecule has 0 saturated carbocycles. The van der Waals surface area contributed by atoms with Crippen LogP contribution in [0.1, 0.15) is 22.8 Å². The number of benzene rings is 3. The van der Waals surface area contributed by atoms with Gasteiger partial charge in [0.1, 0.15) is 5.75 Å². The lowest BCUT2D eigenvalue weighted by atomic mass is 10.1. The Balaban J connectivity index is 1.69. The first kappa shape index (κ1) is 21.9. The monoisotopic (exact) mass is 488 g/mol. The zero-order valence-corrected chi connectivity index (χ0v) is 18.9. The molecule has 0 unspecified atom stereocenters. The van der Waals surface area contributed by atoms with Crippen molar-refractivity contribution in [3.63, 3.8) is 0 Å². The molecule has 0 bridgehead atoms. The Morgan fingerprint density at radius 3 is 2.20 bits per heavy atom. The number of hydrogen-bond acceptors (Lipinski definition) is 4. The fourth-order valence-corrected chi connectivity index (χ4v) is 4.09. The molecule has 0 saturated heterocycles. The van der Waals surface area contributed by atoms with Crippen molar-refractivity contribution in [2.75, 3.05) is 16.6 Å². The van der Waals surface area contributed by atoms with E-state index in [1.165, 1.54) is 12.1 Å². The number of carbonyl (C=O) groups is 1. The molecule has 30 heavy (non-hydrogen) atoms. The highest BCUT2D eigenvalue weighted by Crippen LogP contribution is 2.22. The van der Waals surface area contributed by atoms with Gasteiger partial charge in [-0.1, -0.05) is 22.0 Å². The van der Waals surface area contributed by atoms with Crippen LogP contribution in [0.4, 0.5) is 11.4 Å². The van der Waals surface area contributed by atoms with Crippen LogP contribution in [0.25, 0.3) is 0 Å². The van der Waals surface area contributed by atoms with Crippen molar-refractivity contribution in [1.29, 1.82) is 0 Å². The van der Waals surface area contributed by atoms with Crippen LogP contribution in [0, 0.1) is 6.92 Å². The molecule has 3 aromatic rings. The van der Waals surface area contributed by atoms with Gasteiger partial charge in [-0.05, 0) is 80.1 Å². The lowest BCUT2D eigenvalue weighted by Gasteiger charge is -2.10. The fourth-order valence-electron chi connectivity index (χ4n) is 2.65. The third-order valence-corrected chi connectivity index (χ3v) is 6.53. The molecule has 156 valence electrons. The molecule has 0 spiro atoms. The summed E-state index contributed by atoms with van der Waals surface area (Å²) in [6.45, 7) is 4.35. The van der Waals surface area contributed by atoms with Crippen molar-refractivity contribution >= 4 is 43.2 Å². The maximum absolute atomic E-state index is 12.6. The van der Waals surface area contributed by atoms with Crippen LogP contribution in [0.5, 0.6) is 5.75 Å². The van der Waals surface area contributed by atoms with Crippen molar-refractivity contribution in [3.05, 3.63) is 82.3 Å². The molecule has 3 aromatic carbocycles. The van der Waals surface area contributed by atoms with Gasteiger partial charge in [0.25, 0.3) is 15.9 Å². The van der Waals surface area contributed by atoms with Gasteiger partial charge in [0, 0.05) is 21.4 Å². The molecule has 8 heteroatoms. The zero-order chi connectivity index (χ0) is 21.7. The summed E-state index contributed by atoms with van der Waals surface area (Å²) in [6.07, 6.45) is 0. The molecule has 0 aromatic heterocycles. The SMILES string of the molecule is CCOc1ccc(NS(=O)(=O)c2ccc(NC(=O)c3ccc(C)c(Br)c3)cc2)cc1. The summed E-state index contributed by atoms with van der Waals surface area (Å²) < 4.78 is 33.9.